The highest BCUT2D eigenvalue weighted by Crippen LogP contribution is 2.28. The number of hydrogen-bond donors (Lipinski definition) is 1. The van der Waals surface area contributed by atoms with Crippen LogP contribution in [0.5, 0.6) is 0 Å². The van der Waals surface area contributed by atoms with E-state index >= 15 is 0 Å². The first-order chi connectivity index (χ1) is 11.7. The number of aryl methyl sites for hydroxylation is 1. The lowest BCUT2D eigenvalue weighted by molar-refractivity contribution is 0.0783. The van der Waals surface area contributed by atoms with Crippen molar-refractivity contribution in [3.63, 3.8) is 0 Å². The molecule has 3 aromatic rings. The number of amides is 1. The van der Waals surface area contributed by atoms with Gasteiger partial charge in [0.05, 0.1) is 5.92 Å². The van der Waals surface area contributed by atoms with E-state index in [0.29, 0.717) is 30.5 Å². The Morgan fingerprint density at radius 1 is 1.38 bits per heavy atom. The maximum absolute atomic E-state index is 12.4. The van der Waals surface area contributed by atoms with Gasteiger partial charge in [0.15, 0.2) is 0 Å². The number of aromatic amines is 1. The van der Waals surface area contributed by atoms with Crippen molar-refractivity contribution in [1.82, 2.24) is 30.2 Å². The van der Waals surface area contributed by atoms with E-state index in [1.807, 2.05) is 19.1 Å². The monoisotopic (exact) mass is 324 g/mol. The quantitative estimate of drug-likeness (QED) is 0.788. The van der Waals surface area contributed by atoms with Crippen LogP contribution in [-0.4, -0.2) is 49.2 Å². The molecule has 0 saturated carbocycles. The number of H-pyrrole nitrogens is 1. The molecule has 0 bridgehead atoms. The summed E-state index contributed by atoms with van der Waals surface area (Å²) in [6, 6.07) is 5.42. The van der Waals surface area contributed by atoms with Crippen LogP contribution in [0, 0.1) is 6.92 Å². The number of likely N-dealkylation sites (tertiary alicyclic amines) is 1. The van der Waals surface area contributed by atoms with Crippen LogP contribution in [0.4, 0.5) is 0 Å². The fourth-order valence-electron chi connectivity index (χ4n) is 2.86. The van der Waals surface area contributed by atoms with Crippen LogP contribution < -0.4 is 0 Å². The molecule has 122 valence electrons. The minimum absolute atomic E-state index is 0.0528. The Kier molecular flexibility index (Phi) is 3.56. The summed E-state index contributed by atoms with van der Waals surface area (Å²) in [6.45, 7) is 3.08. The summed E-state index contributed by atoms with van der Waals surface area (Å²) < 4.78 is 5.40. The summed E-state index contributed by atoms with van der Waals surface area (Å²) in [7, 11) is 0. The molecule has 0 aromatic carbocycles. The molecule has 1 N–H and O–H groups in total. The van der Waals surface area contributed by atoms with Crippen molar-refractivity contribution in [1.29, 1.82) is 0 Å². The predicted molar refractivity (Wildman–Crippen MR) is 84.1 cm³/mol. The Bertz CT molecular complexity index is 856. The molecule has 1 fully saturated rings. The lowest BCUT2D eigenvalue weighted by Crippen LogP contribution is -2.28. The normalized spacial score (nSPS) is 17.4. The molecule has 0 aliphatic carbocycles. The van der Waals surface area contributed by atoms with Gasteiger partial charge in [-0.15, -0.1) is 0 Å². The molecule has 1 saturated heterocycles. The third kappa shape index (κ3) is 2.66. The number of nitrogens with one attached hydrogen (secondary N) is 1. The van der Waals surface area contributed by atoms with Gasteiger partial charge in [-0.3, -0.25) is 14.9 Å². The van der Waals surface area contributed by atoms with Gasteiger partial charge in [0.1, 0.15) is 5.69 Å². The van der Waals surface area contributed by atoms with E-state index in [9.17, 15) is 4.79 Å². The molecular weight excluding hydrogens is 308 g/mol. The molecule has 3 aromatic heterocycles. The summed E-state index contributed by atoms with van der Waals surface area (Å²) in [6.07, 6.45) is 4.17. The number of carbonyl (C=O) groups excluding carboxylic acids is 1. The summed E-state index contributed by atoms with van der Waals surface area (Å²) in [4.78, 5) is 22.7. The molecule has 1 atom stereocenters. The second-order valence-corrected chi connectivity index (χ2v) is 5.87. The fraction of sp³-hybridized carbons (Fsp3) is 0.312. The Balaban J connectivity index is 1.47. The number of aromatic nitrogens is 5. The zero-order valence-corrected chi connectivity index (χ0v) is 13.1. The standard InChI is InChI=1S/C16H16N6O2/c1-10-8-13(20-19-10)16(23)22-7-4-12(9-22)15-18-14(21-24-15)11-2-5-17-6-3-11/h2-3,5-6,8,12H,4,7,9H2,1H3,(H,19,20). The van der Waals surface area contributed by atoms with E-state index in [4.69, 9.17) is 4.52 Å². The largest absolute Gasteiger partial charge is 0.339 e. The van der Waals surface area contributed by atoms with Gasteiger partial charge in [0, 0.05) is 36.7 Å². The highest BCUT2D eigenvalue weighted by atomic mass is 16.5. The molecular formula is C16H16N6O2. The van der Waals surface area contributed by atoms with Crippen LogP contribution in [0.15, 0.2) is 35.1 Å². The molecule has 24 heavy (non-hydrogen) atoms. The summed E-state index contributed by atoms with van der Waals surface area (Å²) in [5.41, 5.74) is 2.17. The second kappa shape index (κ2) is 5.88. The molecule has 0 radical (unpaired) electrons. The third-order valence-corrected chi connectivity index (χ3v) is 4.13. The van der Waals surface area contributed by atoms with Gasteiger partial charge in [0.2, 0.25) is 11.7 Å². The number of rotatable bonds is 3. The summed E-state index contributed by atoms with van der Waals surface area (Å²) in [5, 5.41) is 10.8. The maximum atomic E-state index is 12.4. The Morgan fingerprint density at radius 3 is 2.96 bits per heavy atom. The number of nitrogens with zero attached hydrogens (tertiary/aromatic N) is 5. The first-order valence-electron chi connectivity index (χ1n) is 7.76. The van der Waals surface area contributed by atoms with Gasteiger partial charge in [0.25, 0.3) is 5.91 Å². The van der Waals surface area contributed by atoms with Gasteiger partial charge >= 0.3 is 0 Å². The van der Waals surface area contributed by atoms with Crippen LogP contribution in [-0.2, 0) is 0 Å². The third-order valence-electron chi connectivity index (χ3n) is 4.13. The van der Waals surface area contributed by atoms with Crippen LogP contribution in [0.25, 0.3) is 11.4 Å². The van der Waals surface area contributed by atoms with Gasteiger partial charge < -0.3 is 9.42 Å². The van der Waals surface area contributed by atoms with Crippen molar-refractivity contribution in [2.75, 3.05) is 13.1 Å². The van der Waals surface area contributed by atoms with E-state index in [2.05, 4.69) is 25.3 Å². The van der Waals surface area contributed by atoms with Gasteiger partial charge in [-0.25, -0.2) is 0 Å². The summed E-state index contributed by atoms with van der Waals surface area (Å²) in [5.74, 6) is 1.09. The first-order valence-corrected chi connectivity index (χ1v) is 7.76. The zero-order valence-electron chi connectivity index (χ0n) is 13.1. The van der Waals surface area contributed by atoms with Crippen LogP contribution in [0.2, 0.25) is 0 Å². The van der Waals surface area contributed by atoms with Gasteiger partial charge in [-0.05, 0) is 31.5 Å². The minimum Gasteiger partial charge on any atom is -0.339 e. The average molecular weight is 324 g/mol. The van der Waals surface area contributed by atoms with E-state index < -0.39 is 0 Å². The SMILES string of the molecule is Cc1cc(C(=O)N2CCC(c3nc(-c4ccncc4)no3)C2)n[nH]1. The molecule has 8 heteroatoms. The Morgan fingerprint density at radius 2 is 2.21 bits per heavy atom. The number of pyridine rings is 1. The van der Waals surface area contributed by atoms with Crippen LogP contribution >= 0.6 is 0 Å². The topological polar surface area (TPSA) is 101 Å². The first kappa shape index (κ1) is 14.6. The van der Waals surface area contributed by atoms with Gasteiger partial charge in [-0.2, -0.15) is 10.1 Å². The average Bonchev–Trinajstić information content (AvgIpc) is 3.35. The lowest BCUT2D eigenvalue weighted by atomic mass is 10.1. The highest BCUT2D eigenvalue weighted by Gasteiger charge is 2.32. The van der Waals surface area contributed by atoms with Crippen molar-refractivity contribution >= 4 is 5.91 Å². The molecule has 8 nitrogen and oxygen atoms in total. The number of carbonyl (C=O) groups is 1. The molecule has 1 unspecified atom stereocenters. The fourth-order valence-corrected chi connectivity index (χ4v) is 2.86. The van der Waals surface area contributed by atoms with E-state index in [0.717, 1.165) is 17.7 Å². The predicted octanol–water partition coefficient (Wildman–Crippen LogP) is 1.79. The van der Waals surface area contributed by atoms with Crippen molar-refractivity contribution in [2.24, 2.45) is 0 Å². The van der Waals surface area contributed by atoms with Crippen LogP contribution in [0.3, 0.4) is 0 Å². The van der Waals surface area contributed by atoms with E-state index in [1.54, 1.807) is 23.4 Å². The molecule has 0 spiro atoms. The van der Waals surface area contributed by atoms with E-state index in [1.165, 1.54) is 0 Å². The Hall–Kier alpha value is -3.03. The summed E-state index contributed by atoms with van der Waals surface area (Å²) >= 11 is 0. The lowest BCUT2D eigenvalue weighted by Gasteiger charge is -2.13. The molecule has 1 amide bonds. The van der Waals surface area contributed by atoms with Crippen LogP contribution in [0.1, 0.15) is 34.4 Å². The second-order valence-electron chi connectivity index (χ2n) is 5.87. The zero-order chi connectivity index (χ0) is 16.5. The van der Waals surface area contributed by atoms with Crippen molar-refractivity contribution < 1.29 is 9.32 Å². The molecule has 4 heterocycles. The van der Waals surface area contributed by atoms with Crippen molar-refractivity contribution in [3.05, 3.63) is 47.9 Å². The Labute approximate surface area is 137 Å². The molecule has 4 rings (SSSR count). The highest BCUT2D eigenvalue weighted by molar-refractivity contribution is 5.92. The van der Waals surface area contributed by atoms with E-state index in [-0.39, 0.29) is 11.8 Å². The molecule has 1 aliphatic rings. The van der Waals surface area contributed by atoms with Crippen molar-refractivity contribution in [3.8, 4) is 11.4 Å². The van der Waals surface area contributed by atoms with Crippen molar-refractivity contribution in [2.45, 2.75) is 19.3 Å². The smallest absolute Gasteiger partial charge is 0.274 e. The van der Waals surface area contributed by atoms with Gasteiger partial charge in [-0.1, -0.05) is 5.16 Å². The number of hydrogen-bond acceptors (Lipinski definition) is 6. The molecule has 1 aliphatic heterocycles. The maximum Gasteiger partial charge on any atom is 0.274 e. The minimum atomic E-state index is -0.0734.